The monoisotopic (exact) mass is 433 g/mol. The number of aromatic nitrogens is 2. The summed E-state index contributed by atoms with van der Waals surface area (Å²) in [7, 11) is 0. The van der Waals surface area contributed by atoms with Gasteiger partial charge in [0.2, 0.25) is 0 Å². The number of likely N-dealkylation sites (tertiary alicyclic amines) is 1. The van der Waals surface area contributed by atoms with Crippen LogP contribution in [0.5, 0.6) is 5.75 Å². The molecule has 1 amide bonds. The molecule has 0 bridgehead atoms. The molecule has 32 heavy (non-hydrogen) atoms. The first-order valence-corrected chi connectivity index (χ1v) is 11.0. The number of nitrogens with zero attached hydrogens (tertiary/aromatic N) is 3. The Hall–Kier alpha value is -3.48. The topological polar surface area (TPSA) is 81.6 Å². The number of benzene rings is 2. The Morgan fingerprint density at radius 1 is 1.06 bits per heavy atom. The van der Waals surface area contributed by atoms with Gasteiger partial charge in [-0.05, 0) is 63.1 Å². The van der Waals surface area contributed by atoms with Gasteiger partial charge in [0.05, 0.1) is 35.4 Å². The second-order valence-electron chi connectivity index (χ2n) is 7.88. The lowest BCUT2D eigenvalue weighted by molar-refractivity contribution is -0.152. The molecule has 2 aromatic carbocycles. The van der Waals surface area contributed by atoms with Crippen molar-refractivity contribution in [3.8, 4) is 17.0 Å². The van der Waals surface area contributed by atoms with Gasteiger partial charge in [-0.15, -0.1) is 0 Å². The van der Waals surface area contributed by atoms with E-state index in [0.29, 0.717) is 38.3 Å². The lowest BCUT2D eigenvalue weighted by Crippen LogP contribution is -2.45. The van der Waals surface area contributed by atoms with Gasteiger partial charge in [-0.1, -0.05) is 12.1 Å². The van der Waals surface area contributed by atoms with Gasteiger partial charge in [-0.3, -0.25) is 14.6 Å². The van der Waals surface area contributed by atoms with Gasteiger partial charge in [0.15, 0.2) is 6.10 Å². The summed E-state index contributed by atoms with van der Waals surface area (Å²) in [5.74, 6) is 0.252. The molecule has 1 aliphatic heterocycles. The SMILES string of the molecule is CCOC(=O)C1CCN(C(=O)[C@H](C)Oc2ccc(-c3cnc4ccccc4n3)cc2)CC1. The van der Waals surface area contributed by atoms with Crippen molar-refractivity contribution < 1.29 is 19.1 Å². The summed E-state index contributed by atoms with van der Waals surface area (Å²) in [5, 5.41) is 0. The molecular weight excluding hydrogens is 406 g/mol. The minimum absolute atomic E-state index is 0.0724. The van der Waals surface area contributed by atoms with Crippen molar-refractivity contribution in [2.75, 3.05) is 19.7 Å². The number of hydrogen-bond donors (Lipinski definition) is 0. The first kappa shape index (κ1) is 21.7. The number of carbonyl (C=O) groups excluding carboxylic acids is 2. The largest absolute Gasteiger partial charge is 0.481 e. The van der Waals surface area contributed by atoms with Crippen LogP contribution >= 0.6 is 0 Å². The highest BCUT2D eigenvalue weighted by molar-refractivity contribution is 5.81. The minimum atomic E-state index is -0.611. The van der Waals surface area contributed by atoms with E-state index in [0.717, 1.165) is 22.3 Å². The molecule has 4 rings (SSSR count). The van der Waals surface area contributed by atoms with Gasteiger partial charge in [-0.2, -0.15) is 0 Å². The van der Waals surface area contributed by atoms with E-state index in [1.54, 1.807) is 24.9 Å². The standard InChI is InChI=1S/C25H27N3O4/c1-3-31-25(30)19-12-14-28(15-13-19)24(29)17(2)32-20-10-8-18(9-11-20)23-16-26-21-6-4-5-7-22(21)27-23/h4-11,16-17,19H,3,12-15H2,1-2H3/t17-/m0/s1. The first-order chi connectivity index (χ1) is 15.5. The average molecular weight is 434 g/mol. The fourth-order valence-corrected chi connectivity index (χ4v) is 3.91. The van der Waals surface area contributed by atoms with Crippen LogP contribution in [-0.4, -0.2) is 52.5 Å². The van der Waals surface area contributed by atoms with E-state index in [1.165, 1.54) is 0 Å². The second-order valence-corrected chi connectivity index (χ2v) is 7.88. The van der Waals surface area contributed by atoms with Crippen molar-refractivity contribution in [1.82, 2.24) is 14.9 Å². The molecule has 0 N–H and O–H groups in total. The Balaban J connectivity index is 1.34. The van der Waals surface area contributed by atoms with Crippen LogP contribution in [-0.2, 0) is 14.3 Å². The van der Waals surface area contributed by atoms with E-state index in [9.17, 15) is 9.59 Å². The van der Waals surface area contributed by atoms with Crippen LogP contribution in [0.25, 0.3) is 22.3 Å². The third kappa shape index (κ3) is 4.88. The van der Waals surface area contributed by atoms with Crippen LogP contribution in [0.1, 0.15) is 26.7 Å². The molecule has 0 aliphatic carbocycles. The molecule has 1 aliphatic rings. The molecule has 3 aromatic rings. The Morgan fingerprint density at radius 3 is 2.44 bits per heavy atom. The van der Waals surface area contributed by atoms with Crippen LogP contribution in [0.3, 0.4) is 0 Å². The van der Waals surface area contributed by atoms with Gasteiger partial charge in [0, 0.05) is 18.7 Å². The number of hydrogen-bond acceptors (Lipinski definition) is 6. The first-order valence-electron chi connectivity index (χ1n) is 11.0. The number of para-hydroxylation sites is 2. The lowest BCUT2D eigenvalue weighted by Gasteiger charge is -2.32. The van der Waals surface area contributed by atoms with Crippen LogP contribution in [0.4, 0.5) is 0 Å². The summed E-state index contributed by atoms with van der Waals surface area (Å²) in [6.45, 7) is 5.01. The molecule has 2 heterocycles. The molecule has 0 radical (unpaired) electrons. The fraction of sp³-hybridized carbons (Fsp3) is 0.360. The molecule has 1 fully saturated rings. The highest BCUT2D eigenvalue weighted by Crippen LogP contribution is 2.24. The molecule has 0 saturated carbocycles. The normalized spacial score (nSPS) is 15.4. The smallest absolute Gasteiger partial charge is 0.309 e. The maximum Gasteiger partial charge on any atom is 0.309 e. The molecule has 7 nitrogen and oxygen atoms in total. The number of piperidine rings is 1. The number of amides is 1. The summed E-state index contributed by atoms with van der Waals surface area (Å²) in [6, 6.07) is 15.2. The third-order valence-corrected chi connectivity index (χ3v) is 5.69. The number of rotatable bonds is 6. The Labute approximate surface area is 187 Å². The zero-order valence-electron chi connectivity index (χ0n) is 18.4. The zero-order chi connectivity index (χ0) is 22.5. The van der Waals surface area contributed by atoms with Gasteiger partial charge < -0.3 is 14.4 Å². The van der Waals surface area contributed by atoms with E-state index in [1.807, 2.05) is 48.5 Å². The summed E-state index contributed by atoms with van der Waals surface area (Å²) in [5.41, 5.74) is 3.41. The van der Waals surface area contributed by atoms with E-state index in [-0.39, 0.29) is 17.8 Å². The lowest BCUT2D eigenvalue weighted by atomic mass is 9.97. The van der Waals surface area contributed by atoms with Gasteiger partial charge in [-0.25, -0.2) is 4.98 Å². The molecular formula is C25H27N3O4. The minimum Gasteiger partial charge on any atom is -0.481 e. The van der Waals surface area contributed by atoms with E-state index in [2.05, 4.69) is 9.97 Å². The van der Waals surface area contributed by atoms with Crippen molar-refractivity contribution >= 4 is 22.9 Å². The van der Waals surface area contributed by atoms with Crippen LogP contribution in [0.2, 0.25) is 0 Å². The summed E-state index contributed by atoms with van der Waals surface area (Å²) in [4.78, 5) is 35.5. The molecule has 7 heteroatoms. The average Bonchev–Trinajstić information content (AvgIpc) is 2.84. The summed E-state index contributed by atoms with van der Waals surface area (Å²) < 4.78 is 11.0. The molecule has 166 valence electrons. The highest BCUT2D eigenvalue weighted by Gasteiger charge is 2.30. The maximum atomic E-state index is 12.8. The number of esters is 1. The number of ether oxygens (including phenoxy) is 2. The quantitative estimate of drug-likeness (QED) is 0.549. The Morgan fingerprint density at radius 2 is 1.75 bits per heavy atom. The molecule has 1 atom stereocenters. The predicted octanol–water partition coefficient (Wildman–Crippen LogP) is 3.87. The summed E-state index contributed by atoms with van der Waals surface area (Å²) in [6.07, 6.45) is 2.39. The van der Waals surface area contributed by atoms with Crippen molar-refractivity contribution in [3.05, 3.63) is 54.7 Å². The third-order valence-electron chi connectivity index (χ3n) is 5.69. The van der Waals surface area contributed by atoms with E-state index >= 15 is 0 Å². The van der Waals surface area contributed by atoms with Crippen molar-refractivity contribution in [2.45, 2.75) is 32.8 Å². The van der Waals surface area contributed by atoms with E-state index in [4.69, 9.17) is 9.47 Å². The second kappa shape index (κ2) is 9.77. The van der Waals surface area contributed by atoms with Crippen LogP contribution in [0.15, 0.2) is 54.7 Å². The Kier molecular flexibility index (Phi) is 6.63. The summed E-state index contributed by atoms with van der Waals surface area (Å²) >= 11 is 0. The van der Waals surface area contributed by atoms with Crippen LogP contribution in [0, 0.1) is 5.92 Å². The van der Waals surface area contributed by atoms with Crippen LogP contribution < -0.4 is 4.74 Å². The van der Waals surface area contributed by atoms with Crippen molar-refractivity contribution in [1.29, 1.82) is 0 Å². The number of carbonyl (C=O) groups is 2. The van der Waals surface area contributed by atoms with Gasteiger partial charge in [0.1, 0.15) is 5.75 Å². The Bertz CT molecular complexity index is 1090. The molecule has 1 saturated heterocycles. The fourth-order valence-electron chi connectivity index (χ4n) is 3.91. The predicted molar refractivity (Wildman–Crippen MR) is 121 cm³/mol. The van der Waals surface area contributed by atoms with Gasteiger partial charge >= 0.3 is 5.97 Å². The molecule has 0 unspecified atom stereocenters. The molecule has 0 spiro atoms. The highest BCUT2D eigenvalue weighted by atomic mass is 16.5. The van der Waals surface area contributed by atoms with Crippen molar-refractivity contribution in [2.24, 2.45) is 5.92 Å². The van der Waals surface area contributed by atoms with E-state index < -0.39 is 6.10 Å². The maximum absolute atomic E-state index is 12.8. The zero-order valence-corrected chi connectivity index (χ0v) is 18.4. The molecule has 1 aromatic heterocycles. The van der Waals surface area contributed by atoms with Gasteiger partial charge in [0.25, 0.3) is 5.91 Å². The number of fused-ring (bicyclic) bond motifs is 1. The van der Waals surface area contributed by atoms with Crippen molar-refractivity contribution in [3.63, 3.8) is 0 Å².